The van der Waals surface area contributed by atoms with Crippen molar-refractivity contribution in [3.8, 4) is 0 Å². The number of likely N-dealkylation sites (N-methyl/N-ethyl adjacent to an activating group) is 1. The maximum atomic E-state index is 10.9. The normalized spacial score (nSPS) is 10.1. The van der Waals surface area contributed by atoms with Gasteiger partial charge in [-0.2, -0.15) is 0 Å². The zero-order chi connectivity index (χ0) is 9.56. The van der Waals surface area contributed by atoms with Crippen LogP contribution in [0.5, 0.6) is 0 Å². The van der Waals surface area contributed by atoms with Crippen LogP contribution in [0.1, 0.15) is 0 Å². The van der Waals surface area contributed by atoms with Crippen LogP contribution < -0.4 is 0 Å². The fourth-order valence-electron chi connectivity index (χ4n) is 0.699. The predicted octanol–water partition coefficient (Wildman–Crippen LogP) is 0.303. The highest BCUT2D eigenvalue weighted by molar-refractivity contribution is 5.66. The fraction of sp³-hybridized carbons (Fsp3) is 0.857. The van der Waals surface area contributed by atoms with Gasteiger partial charge in [-0.15, -0.1) is 0 Å². The summed E-state index contributed by atoms with van der Waals surface area (Å²) in [5.41, 5.74) is 0. The number of carbonyl (C=O) groups is 1. The van der Waals surface area contributed by atoms with E-state index in [0.717, 1.165) is 0 Å². The molecule has 12 heavy (non-hydrogen) atoms. The molecule has 0 saturated carbocycles. The van der Waals surface area contributed by atoms with E-state index in [9.17, 15) is 4.79 Å². The maximum absolute atomic E-state index is 10.9. The molecule has 72 valence electrons. The van der Waals surface area contributed by atoms with Gasteiger partial charge in [-0.05, 0) is 0 Å². The minimum absolute atomic E-state index is 0.347. The van der Waals surface area contributed by atoms with Crippen LogP contribution in [0.15, 0.2) is 0 Å². The summed E-state index contributed by atoms with van der Waals surface area (Å²) in [5, 5.41) is 0. The molecule has 5 nitrogen and oxygen atoms in total. The number of hydrogen-bond acceptors (Lipinski definition) is 4. The molecule has 1 amide bonds. The van der Waals surface area contributed by atoms with Crippen molar-refractivity contribution >= 4 is 6.09 Å². The molecule has 0 heterocycles. The second kappa shape index (κ2) is 5.79. The second-order valence-corrected chi connectivity index (χ2v) is 2.25. The number of methoxy groups -OCH3 is 3. The first kappa shape index (κ1) is 11.2. The molecular weight excluding hydrogens is 162 g/mol. The first-order chi connectivity index (χ1) is 5.65. The van der Waals surface area contributed by atoms with E-state index < -0.39 is 12.4 Å². The van der Waals surface area contributed by atoms with Gasteiger partial charge in [0.2, 0.25) is 0 Å². The smallest absolute Gasteiger partial charge is 0.409 e. The SMILES string of the molecule is COC(=O)N(C)CC(OC)OC. The Labute approximate surface area is 72.2 Å². The van der Waals surface area contributed by atoms with Crippen molar-refractivity contribution in [2.75, 3.05) is 34.9 Å². The molecule has 0 aromatic carbocycles. The van der Waals surface area contributed by atoms with Crippen LogP contribution >= 0.6 is 0 Å². The number of nitrogens with zero attached hydrogens (tertiary/aromatic N) is 1. The summed E-state index contributed by atoms with van der Waals surface area (Å²) < 4.78 is 14.3. The van der Waals surface area contributed by atoms with E-state index in [-0.39, 0.29) is 0 Å². The predicted molar refractivity (Wildman–Crippen MR) is 42.8 cm³/mol. The van der Waals surface area contributed by atoms with E-state index in [1.165, 1.54) is 26.2 Å². The van der Waals surface area contributed by atoms with E-state index in [2.05, 4.69) is 4.74 Å². The third kappa shape index (κ3) is 3.54. The summed E-state index contributed by atoms with van der Waals surface area (Å²) in [6.07, 6.45) is -0.816. The van der Waals surface area contributed by atoms with Crippen molar-refractivity contribution in [2.24, 2.45) is 0 Å². The molecule has 0 aliphatic heterocycles. The van der Waals surface area contributed by atoms with Gasteiger partial charge in [-0.25, -0.2) is 4.79 Å². The quantitative estimate of drug-likeness (QED) is 0.579. The minimum atomic E-state index is -0.408. The summed E-state index contributed by atoms with van der Waals surface area (Å²) >= 11 is 0. The highest BCUT2D eigenvalue weighted by Gasteiger charge is 2.13. The van der Waals surface area contributed by atoms with Gasteiger partial charge in [-0.1, -0.05) is 0 Å². The summed E-state index contributed by atoms with van der Waals surface area (Å²) in [5.74, 6) is 0. The number of amides is 1. The Kier molecular flexibility index (Phi) is 5.40. The molecule has 0 aromatic rings. The van der Waals surface area contributed by atoms with Gasteiger partial charge < -0.3 is 19.1 Å². The largest absolute Gasteiger partial charge is 0.453 e. The maximum Gasteiger partial charge on any atom is 0.409 e. The van der Waals surface area contributed by atoms with Crippen molar-refractivity contribution in [3.05, 3.63) is 0 Å². The Morgan fingerprint density at radius 3 is 2.17 bits per heavy atom. The summed E-state index contributed by atoms with van der Waals surface area (Å²) in [7, 11) is 5.96. The lowest BCUT2D eigenvalue weighted by Crippen LogP contribution is -2.35. The van der Waals surface area contributed by atoms with Gasteiger partial charge in [0.05, 0.1) is 13.7 Å². The monoisotopic (exact) mass is 177 g/mol. The molecule has 0 rings (SSSR count). The van der Waals surface area contributed by atoms with Crippen LogP contribution in [0.4, 0.5) is 4.79 Å². The van der Waals surface area contributed by atoms with Gasteiger partial charge >= 0.3 is 6.09 Å². The first-order valence-electron chi connectivity index (χ1n) is 3.50. The molecular formula is C7H15NO4. The van der Waals surface area contributed by atoms with Gasteiger partial charge in [0.25, 0.3) is 0 Å². The highest BCUT2D eigenvalue weighted by atomic mass is 16.7. The third-order valence-corrected chi connectivity index (χ3v) is 1.44. The van der Waals surface area contributed by atoms with Gasteiger partial charge in [-0.3, -0.25) is 0 Å². The minimum Gasteiger partial charge on any atom is -0.453 e. The molecule has 0 fully saturated rings. The van der Waals surface area contributed by atoms with E-state index in [4.69, 9.17) is 9.47 Å². The van der Waals surface area contributed by atoms with Crippen molar-refractivity contribution in [1.82, 2.24) is 4.90 Å². The number of ether oxygens (including phenoxy) is 3. The molecule has 5 heteroatoms. The third-order valence-electron chi connectivity index (χ3n) is 1.44. The fourth-order valence-corrected chi connectivity index (χ4v) is 0.699. The second-order valence-electron chi connectivity index (χ2n) is 2.25. The van der Waals surface area contributed by atoms with Gasteiger partial charge in [0, 0.05) is 21.3 Å². The summed E-state index contributed by atoms with van der Waals surface area (Å²) in [6, 6.07) is 0. The Balaban J connectivity index is 3.80. The van der Waals surface area contributed by atoms with Crippen LogP contribution in [-0.2, 0) is 14.2 Å². The van der Waals surface area contributed by atoms with Crippen LogP contribution in [-0.4, -0.2) is 52.2 Å². The van der Waals surface area contributed by atoms with E-state index in [1.54, 1.807) is 7.05 Å². The van der Waals surface area contributed by atoms with Crippen molar-refractivity contribution in [1.29, 1.82) is 0 Å². The van der Waals surface area contributed by atoms with Crippen LogP contribution in [0.25, 0.3) is 0 Å². The average molecular weight is 177 g/mol. The highest BCUT2D eigenvalue weighted by Crippen LogP contribution is 1.96. The van der Waals surface area contributed by atoms with Crippen molar-refractivity contribution in [3.63, 3.8) is 0 Å². The average Bonchev–Trinajstić information content (AvgIpc) is 2.12. The van der Waals surface area contributed by atoms with Crippen LogP contribution in [0.2, 0.25) is 0 Å². The summed E-state index contributed by atoms with van der Waals surface area (Å²) in [6.45, 7) is 0.347. The van der Waals surface area contributed by atoms with Crippen LogP contribution in [0.3, 0.4) is 0 Å². The lowest BCUT2D eigenvalue weighted by molar-refractivity contribution is -0.111. The molecule has 0 N–H and O–H groups in total. The molecule has 0 aromatic heterocycles. The molecule has 0 unspecified atom stereocenters. The lowest BCUT2D eigenvalue weighted by atomic mass is 10.5. The van der Waals surface area contributed by atoms with E-state index in [0.29, 0.717) is 6.54 Å². The molecule has 0 atom stereocenters. The van der Waals surface area contributed by atoms with Crippen molar-refractivity contribution in [2.45, 2.75) is 6.29 Å². The summed E-state index contributed by atoms with van der Waals surface area (Å²) in [4.78, 5) is 12.2. The molecule has 0 radical (unpaired) electrons. The van der Waals surface area contributed by atoms with Gasteiger partial charge in [0.15, 0.2) is 6.29 Å². The Morgan fingerprint density at radius 1 is 1.33 bits per heavy atom. The van der Waals surface area contributed by atoms with E-state index >= 15 is 0 Å². The standard InChI is InChI=1S/C7H15NO4/c1-8(7(9)12-4)5-6(10-2)11-3/h6H,5H2,1-4H3. The van der Waals surface area contributed by atoms with Crippen LogP contribution in [0, 0.1) is 0 Å². The Morgan fingerprint density at radius 2 is 1.83 bits per heavy atom. The number of rotatable bonds is 4. The zero-order valence-corrected chi connectivity index (χ0v) is 7.86. The number of carbonyl (C=O) groups excluding carboxylic acids is 1. The zero-order valence-electron chi connectivity index (χ0n) is 7.86. The molecule has 0 aliphatic rings. The lowest BCUT2D eigenvalue weighted by Gasteiger charge is -2.20. The Bertz CT molecular complexity index is 135. The topological polar surface area (TPSA) is 48.0 Å². The molecule has 0 spiro atoms. The van der Waals surface area contributed by atoms with Crippen molar-refractivity contribution < 1.29 is 19.0 Å². The van der Waals surface area contributed by atoms with Gasteiger partial charge in [0.1, 0.15) is 0 Å². The molecule has 0 bridgehead atoms. The first-order valence-corrected chi connectivity index (χ1v) is 3.50. The molecule has 0 aliphatic carbocycles. The van der Waals surface area contributed by atoms with E-state index in [1.807, 2.05) is 0 Å². The Hall–Kier alpha value is -0.810. The number of hydrogen-bond donors (Lipinski definition) is 0. The molecule has 0 saturated heterocycles.